The minimum atomic E-state index is -0.102. The third-order valence-corrected chi connectivity index (χ3v) is 6.75. The number of rotatable bonds is 5. The highest BCUT2D eigenvalue weighted by Gasteiger charge is 2.42. The lowest BCUT2D eigenvalue weighted by Gasteiger charge is -2.28. The van der Waals surface area contributed by atoms with Crippen molar-refractivity contribution in [3.05, 3.63) is 101 Å². The molecule has 1 aromatic carbocycles. The molecular formula is C27H27N5OS. The van der Waals surface area contributed by atoms with Crippen LogP contribution in [0.1, 0.15) is 40.3 Å². The molecule has 4 heterocycles. The first-order chi connectivity index (χ1) is 16.5. The molecule has 6 nitrogen and oxygen atoms in total. The Morgan fingerprint density at radius 3 is 2.38 bits per heavy atom. The van der Waals surface area contributed by atoms with Crippen molar-refractivity contribution in [2.24, 2.45) is 0 Å². The van der Waals surface area contributed by atoms with Crippen LogP contribution >= 0.6 is 12.2 Å². The zero-order chi connectivity index (χ0) is 23.8. The molecule has 0 amide bonds. The van der Waals surface area contributed by atoms with E-state index in [1.807, 2.05) is 60.9 Å². The maximum atomic E-state index is 5.87. The normalized spacial score (nSPS) is 17.6. The van der Waals surface area contributed by atoms with E-state index in [4.69, 9.17) is 17.0 Å². The number of aromatic nitrogens is 3. The molecule has 7 heteroatoms. The first kappa shape index (κ1) is 22.1. The summed E-state index contributed by atoms with van der Waals surface area (Å²) in [6.07, 6.45) is 3.67. The predicted octanol–water partition coefficient (Wildman–Crippen LogP) is 5.38. The van der Waals surface area contributed by atoms with Crippen LogP contribution < -0.4 is 15.0 Å². The number of hydrogen-bond acceptors (Lipinski definition) is 4. The predicted molar refractivity (Wildman–Crippen MR) is 139 cm³/mol. The van der Waals surface area contributed by atoms with Crippen LogP contribution in [0.25, 0.3) is 5.82 Å². The number of aryl methyl sites for hydroxylation is 2. The lowest BCUT2D eigenvalue weighted by atomic mass is 9.96. The number of hydrogen-bond donors (Lipinski definition) is 1. The number of ether oxygens (including phenoxy) is 1. The topological polar surface area (TPSA) is 55.2 Å². The second kappa shape index (κ2) is 8.91. The molecular weight excluding hydrogens is 442 g/mol. The van der Waals surface area contributed by atoms with Crippen LogP contribution in [-0.4, -0.2) is 26.8 Å². The Kier molecular flexibility index (Phi) is 5.79. The molecule has 0 aliphatic carbocycles. The Labute approximate surface area is 205 Å². The van der Waals surface area contributed by atoms with E-state index in [0.29, 0.717) is 5.11 Å². The zero-order valence-corrected chi connectivity index (χ0v) is 20.5. The van der Waals surface area contributed by atoms with Gasteiger partial charge < -0.3 is 19.5 Å². The summed E-state index contributed by atoms with van der Waals surface area (Å²) >= 11 is 5.87. The molecule has 0 spiro atoms. The fourth-order valence-corrected chi connectivity index (χ4v) is 5.16. The summed E-state index contributed by atoms with van der Waals surface area (Å²) in [6, 6.07) is 20.1. The van der Waals surface area contributed by atoms with Crippen LogP contribution in [0.3, 0.4) is 0 Å². The van der Waals surface area contributed by atoms with Crippen molar-refractivity contribution in [3.8, 4) is 11.6 Å². The Morgan fingerprint density at radius 1 is 0.941 bits per heavy atom. The van der Waals surface area contributed by atoms with E-state index in [1.165, 1.54) is 5.56 Å². The van der Waals surface area contributed by atoms with Gasteiger partial charge in [0.25, 0.3) is 0 Å². The van der Waals surface area contributed by atoms with E-state index in [9.17, 15) is 0 Å². The van der Waals surface area contributed by atoms with Crippen LogP contribution in [0.2, 0.25) is 0 Å². The lowest BCUT2D eigenvalue weighted by Crippen LogP contribution is -2.29. The van der Waals surface area contributed by atoms with Crippen LogP contribution in [0.4, 0.5) is 5.69 Å². The zero-order valence-electron chi connectivity index (χ0n) is 19.7. The van der Waals surface area contributed by atoms with Crippen molar-refractivity contribution in [3.63, 3.8) is 0 Å². The highest BCUT2D eigenvalue weighted by Crippen LogP contribution is 2.44. The van der Waals surface area contributed by atoms with Gasteiger partial charge in [-0.15, -0.1) is 0 Å². The quantitative estimate of drug-likeness (QED) is 0.396. The Bertz CT molecular complexity index is 1330. The largest absolute Gasteiger partial charge is 0.497 e. The second-order valence-electron chi connectivity index (χ2n) is 8.50. The molecule has 1 saturated heterocycles. The standard InChI is InChI=1S/C27H27N5OS/c1-17-8-7-15-29-26(17)31-18(2)16-22(19(31)3)25-24(23-9-5-6-14-28-23)30-27(34)32(25)20-10-12-21(33-4)13-11-20/h5-16,24-25H,1-4H3,(H,30,34)/t24-,25+/m1/s1. The number of nitrogens with one attached hydrogen (secondary N) is 1. The first-order valence-electron chi connectivity index (χ1n) is 11.2. The molecule has 0 saturated carbocycles. The summed E-state index contributed by atoms with van der Waals surface area (Å²) in [7, 11) is 1.67. The molecule has 0 bridgehead atoms. The third-order valence-electron chi connectivity index (χ3n) is 6.43. The molecule has 0 unspecified atom stereocenters. The summed E-state index contributed by atoms with van der Waals surface area (Å²) in [4.78, 5) is 11.5. The number of nitrogens with zero attached hydrogens (tertiary/aromatic N) is 4. The summed E-state index contributed by atoms with van der Waals surface area (Å²) in [5.74, 6) is 1.76. The fourth-order valence-electron chi connectivity index (χ4n) is 4.82. The van der Waals surface area contributed by atoms with Gasteiger partial charge in [0, 0.05) is 29.5 Å². The molecule has 1 fully saturated rings. The van der Waals surface area contributed by atoms with Crippen LogP contribution in [-0.2, 0) is 0 Å². The minimum Gasteiger partial charge on any atom is -0.497 e. The van der Waals surface area contributed by atoms with Gasteiger partial charge in [-0.2, -0.15) is 0 Å². The van der Waals surface area contributed by atoms with E-state index >= 15 is 0 Å². The SMILES string of the molecule is COc1ccc(N2C(=S)N[C@H](c3ccccn3)[C@@H]2c2cc(C)n(-c3ncccc3C)c2C)cc1. The van der Waals surface area contributed by atoms with Gasteiger partial charge >= 0.3 is 0 Å². The van der Waals surface area contributed by atoms with Crippen LogP contribution in [0, 0.1) is 20.8 Å². The monoisotopic (exact) mass is 469 g/mol. The van der Waals surface area contributed by atoms with Gasteiger partial charge in [0.1, 0.15) is 11.6 Å². The van der Waals surface area contributed by atoms with E-state index in [2.05, 4.69) is 57.7 Å². The van der Waals surface area contributed by atoms with Gasteiger partial charge in [0.05, 0.1) is 24.9 Å². The highest BCUT2D eigenvalue weighted by molar-refractivity contribution is 7.80. The third kappa shape index (κ3) is 3.72. The van der Waals surface area contributed by atoms with E-state index in [1.54, 1.807) is 7.11 Å². The minimum absolute atomic E-state index is 0.0836. The van der Waals surface area contributed by atoms with E-state index < -0.39 is 0 Å². The number of methoxy groups -OCH3 is 1. The Hall–Kier alpha value is -3.71. The maximum absolute atomic E-state index is 5.87. The van der Waals surface area contributed by atoms with Crippen LogP contribution in [0.15, 0.2) is 73.1 Å². The maximum Gasteiger partial charge on any atom is 0.174 e. The average molecular weight is 470 g/mol. The van der Waals surface area contributed by atoms with Crippen molar-refractivity contribution >= 4 is 23.0 Å². The Balaban J connectivity index is 1.68. The van der Waals surface area contributed by atoms with Crippen LogP contribution in [0.5, 0.6) is 5.75 Å². The number of pyridine rings is 2. The number of anilines is 1. The molecule has 34 heavy (non-hydrogen) atoms. The molecule has 1 N–H and O–H groups in total. The first-order valence-corrected chi connectivity index (χ1v) is 11.7. The number of benzene rings is 1. The molecule has 0 radical (unpaired) electrons. The van der Waals surface area contributed by atoms with Gasteiger partial charge in [-0.05, 0) is 92.6 Å². The van der Waals surface area contributed by atoms with Crippen molar-refractivity contribution in [2.45, 2.75) is 32.9 Å². The van der Waals surface area contributed by atoms with Gasteiger partial charge in [0.2, 0.25) is 0 Å². The lowest BCUT2D eigenvalue weighted by molar-refractivity contribution is 0.415. The summed E-state index contributed by atoms with van der Waals surface area (Å²) in [5.41, 5.74) is 6.52. The van der Waals surface area contributed by atoms with Gasteiger partial charge in [-0.3, -0.25) is 4.98 Å². The van der Waals surface area contributed by atoms with E-state index in [0.717, 1.165) is 39.9 Å². The molecule has 172 valence electrons. The van der Waals surface area contributed by atoms with E-state index in [-0.39, 0.29) is 12.1 Å². The second-order valence-corrected chi connectivity index (χ2v) is 8.89. The molecule has 4 aromatic rings. The van der Waals surface area contributed by atoms with Crippen molar-refractivity contribution in [1.29, 1.82) is 0 Å². The van der Waals surface area contributed by atoms with Crippen molar-refractivity contribution < 1.29 is 4.74 Å². The van der Waals surface area contributed by atoms with Gasteiger partial charge in [-0.25, -0.2) is 4.98 Å². The summed E-state index contributed by atoms with van der Waals surface area (Å²) in [5, 5.41) is 4.21. The van der Waals surface area contributed by atoms with Crippen molar-refractivity contribution in [2.75, 3.05) is 12.0 Å². The summed E-state index contributed by atoms with van der Waals surface area (Å²) in [6.45, 7) is 6.37. The Morgan fingerprint density at radius 2 is 1.71 bits per heavy atom. The molecule has 3 aromatic heterocycles. The molecule has 1 aliphatic rings. The smallest absolute Gasteiger partial charge is 0.174 e. The fraction of sp³-hybridized carbons (Fsp3) is 0.222. The van der Waals surface area contributed by atoms with Crippen molar-refractivity contribution in [1.82, 2.24) is 19.9 Å². The summed E-state index contributed by atoms with van der Waals surface area (Å²) < 4.78 is 7.60. The molecule has 5 rings (SSSR count). The highest BCUT2D eigenvalue weighted by atomic mass is 32.1. The molecule has 2 atom stereocenters. The van der Waals surface area contributed by atoms with Gasteiger partial charge in [-0.1, -0.05) is 12.1 Å². The average Bonchev–Trinajstić information content (AvgIpc) is 3.35. The number of thiocarbonyl (C=S) groups is 1. The molecule has 1 aliphatic heterocycles. The van der Waals surface area contributed by atoms with Gasteiger partial charge in [0.15, 0.2) is 5.11 Å².